The van der Waals surface area contributed by atoms with E-state index in [1.165, 1.54) is 86.7 Å². The predicted octanol–water partition coefficient (Wildman–Crippen LogP) is 13.5. The SMILES string of the molecule is CCCC([B]c1c2ccccc2c([B]C(CC)(CCC)c2c3ccccc3cc3ccccc23)c2ccccc12)(CC)c1c2ccccc2cc2ccccc12. The summed E-state index contributed by atoms with van der Waals surface area (Å²) in [6.45, 7) is 9.53. The van der Waals surface area contributed by atoms with E-state index in [0.29, 0.717) is 0 Å². The average Bonchev–Trinajstić information content (AvgIpc) is 3.25. The summed E-state index contributed by atoms with van der Waals surface area (Å²) >= 11 is 0. The van der Waals surface area contributed by atoms with Crippen molar-refractivity contribution in [2.45, 2.75) is 76.8 Å². The van der Waals surface area contributed by atoms with Crippen molar-refractivity contribution in [3.05, 3.63) is 169 Å². The van der Waals surface area contributed by atoms with E-state index in [2.05, 4.69) is 200 Å². The molecule has 2 atom stereocenters. The van der Waals surface area contributed by atoms with Crippen molar-refractivity contribution in [2.75, 3.05) is 0 Å². The Morgan fingerprint density at radius 1 is 0.339 bits per heavy atom. The zero-order valence-electron chi connectivity index (χ0n) is 33.4. The van der Waals surface area contributed by atoms with E-state index in [9.17, 15) is 0 Å². The van der Waals surface area contributed by atoms with Gasteiger partial charge in [-0.15, -0.1) is 0 Å². The molecule has 9 aromatic rings. The summed E-state index contributed by atoms with van der Waals surface area (Å²) in [6, 6.07) is 59.5. The maximum atomic E-state index is 2.70. The third kappa shape index (κ3) is 5.92. The highest BCUT2D eigenvalue weighted by atomic mass is 14.3. The van der Waals surface area contributed by atoms with Crippen LogP contribution in [0, 0.1) is 0 Å². The Hall–Kier alpha value is -5.33. The van der Waals surface area contributed by atoms with E-state index in [4.69, 9.17) is 0 Å². The Labute approximate surface area is 334 Å². The van der Waals surface area contributed by atoms with Gasteiger partial charge in [0.25, 0.3) is 0 Å². The molecular formula is C54H50B2. The second kappa shape index (κ2) is 15.0. The van der Waals surface area contributed by atoms with Crippen LogP contribution in [0.15, 0.2) is 158 Å². The first-order valence-corrected chi connectivity index (χ1v) is 21.0. The van der Waals surface area contributed by atoms with Gasteiger partial charge in [0.05, 0.1) is 0 Å². The van der Waals surface area contributed by atoms with Crippen molar-refractivity contribution >= 4 is 90.1 Å². The fraction of sp³-hybridized carbons (Fsp3) is 0.222. The molecule has 0 N–H and O–H groups in total. The van der Waals surface area contributed by atoms with Gasteiger partial charge in [-0.1, -0.05) is 223 Å². The second-order valence-electron chi connectivity index (χ2n) is 16.1. The number of hydrogen-bond acceptors (Lipinski definition) is 0. The minimum Gasteiger partial charge on any atom is -0.0713 e. The van der Waals surface area contributed by atoms with Crippen LogP contribution in [0.1, 0.15) is 77.3 Å². The smallest absolute Gasteiger partial charge is 0.0713 e. The van der Waals surface area contributed by atoms with Gasteiger partial charge in [0, 0.05) is 0 Å². The molecule has 0 aromatic heterocycles. The molecule has 272 valence electrons. The van der Waals surface area contributed by atoms with E-state index in [1.807, 2.05) is 0 Å². The molecule has 56 heavy (non-hydrogen) atoms. The van der Waals surface area contributed by atoms with E-state index < -0.39 is 0 Å². The van der Waals surface area contributed by atoms with Gasteiger partial charge in [0.1, 0.15) is 0 Å². The van der Waals surface area contributed by atoms with E-state index in [-0.39, 0.29) is 10.6 Å². The van der Waals surface area contributed by atoms with Crippen LogP contribution >= 0.6 is 0 Å². The molecule has 0 fully saturated rings. The second-order valence-corrected chi connectivity index (χ2v) is 16.1. The Kier molecular flexibility index (Phi) is 9.70. The summed E-state index contributed by atoms with van der Waals surface area (Å²) in [6.07, 6.45) is 6.36. The fourth-order valence-electron chi connectivity index (χ4n) is 10.5. The zero-order valence-corrected chi connectivity index (χ0v) is 33.4. The molecule has 9 rings (SSSR count). The molecule has 2 unspecified atom stereocenters. The summed E-state index contributed by atoms with van der Waals surface area (Å²) in [5.41, 5.74) is 5.65. The molecule has 0 nitrogen and oxygen atoms in total. The van der Waals surface area contributed by atoms with E-state index >= 15 is 0 Å². The third-order valence-corrected chi connectivity index (χ3v) is 13.0. The number of fused-ring (bicyclic) bond motifs is 6. The number of rotatable bonds is 12. The first kappa shape index (κ1) is 36.3. The van der Waals surface area contributed by atoms with Crippen LogP contribution in [0.4, 0.5) is 0 Å². The Morgan fingerprint density at radius 2 is 0.589 bits per heavy atom. The van der Waals surface area contributed by atoms with Crippen LogP contribution in [0.25, 0.3) is 64.6 Å². The van der Waals surface area contributed by atoms with Gasteiger partial charge < -0.3 is 0 Å². The monoisotopic (exact) mass is 720 g/mol. The van der Waals surface area contributed by atoms with Crippen molar-refractivity contribution < 1.29 is 0 Å². The quantitative estimate of drug-likeness (QED) is 0.0871. The summed E-state index contributed by atoms with van der Waals surface area (Å²) in [7, 11) is 5.41. The van der Waals surface area contributed by atoms with Gasteiger partial charge in [0.15, 0.2) is 14.6 Å². The van der Waals surface area contributed by atoms with Crippen LogP contribution in [0.3, 0.4) is 0 Å². The summed E-state index contributed by atoms with van der Waals surface area (Å²) in [5, 5.41) is 15.7. The maximum absolute atomic E-state index is 2.70. The molecule has 0 saturated carbocycles. The largest absolute Gasteiger partial charge is 0.166 e. The predicted molar refractivity (Wildman–Crippen MR) is 249 cm³/mol. The molecule has 0 spiro atoms. The summed E-state index contributed by atoms with van der Waals surface area (Å²) < 4.78 is 0. The van der Waals surface area contributed by atoms with Crippen LogP contribution in [0.2, 0.25) is 0 Å². The lowest BCUT2D eigenvalue weighted by atomic mass is 9.40. The van der Waals surface area contributed by atoms with Crippen LogP contribution in [-0.2, 0) is 10.6 Å². The summed E-state index contributed by atoms with van der Waals surface area (Å²) in [4.78, 5) is 0. The lowest BCUT2D eigenvalue weighted by molar-refractivity contribution is 0.530. The first-order valence-electron chi connectivity index (χ1n) is 21.0. The molecular weight excluding hydrogens is 670 g/mol. The highest BCUT2D eigenvalue weighted by Crippen LogP contribution is 2.44. The standard InChI is InChI=1S/C54H50B2/c1-5-33-53(7-3,49-41-25-13-9-21-37(41)35-38-22-10-14-26-42(38)49)55-51-45-29-17-19-31-47(45)52(48-32-20-18-30-46(48)51)56-54(8-4,34-6-2)50-43-27-15-11-23-39(43)36-40-24-12-16-28-44(40)50/h9-32,35-36H,5-8,33-34H2,1-4H3. The van der Waals surface area contributed by atoms with Gasteiger partial charge in [-0.25, -0.2) is 0 Å². The molecule has 9 aromatic carbocycles. The Morgan fingerprint density at radius 3 is 0.839 bits per heavy atom. The van der Waals surface area contributed by atoms with Crippen molar-refractivity contribution in [1.29, 1.82) is 0 Å². The number of benzene rings is 9. The normalized spacial score (nSPS) is 14.1. The lowest BCUT2D eigenvalue weighted by Crippen LogP contribution is -2.43. The van der Waals surface area contributed by atoms with Gasteiger partial charge in [-0.2, -0.15) is 0 Å². The molecule has 2 radical (unpaired) electrons. The van der Waals surface area contributed by atoms with Gasteiger partial charge >= 0.3 is 0 Å². The number of hydrogen-bond donors (Lipinski definition) is 0. The average molecular weight is 721 g/mol. The third-order valence-electron chi connectivity index (χ3n) is 13.0. The van der Waals surface area contributed by atoms with Crippen LogP contribution < -0.4 is 10.9 Å². The molecule has 0 aliphatic carbocycles. The molecule has 0 saturated heterocycles. The minimum absolute atomic E-state index is 0.177. The highest BCUT2D eigenvalue weighted by molar-refractivity contribution is 6.70. The van der Waals surface area contributed by atoms with Crippen molar-refractivity contribution in [3.8, 4) is 0 Å². The van der Waals surface area contributed by atoms with Crippen molar-refractivity contribution in [3.63, 3.8) is 0 Å². The van der Waals surface area contributed by atoms with Crippen LogP contribution in [0.5, 0.6) is 0 Å². The molecule has 0 heterocycles. The van der Waals surface area contributed by atoms with Gasteiger partial charge in [0.2, 0.25) is 0 Å². The molecule has 0 amide bonds. The van der Waals surface area contributed by atoms with E-state index in [1.54, 1.807) is 0 Å². The summed E-state index contributed by atoms with van der Waals surface area (Å²) in [5.74, 6) is 0. The maximum Gasteiger partial charge on any atom is 0.166 e. The Balaban J connectivity index is 1.31. The zero-order chi connectivity index (χ0) is 38.3. The topological polar surface area (TPSA) is 0 Å². The minimum atomic E-state index is -0.177. The first-order chi connectivity index (χ1) is 27.5. The van der Waals surface area contributed by atoms with Gasteiger partial charge in [-0.05, 0) is 98.5 Å². The van der Waals surface area contributed by atoms with E-state index in [0.717, 1.165) is 38.5 Å². The molecule has 2 heteroatoms. The molecule has 0 bridgehead atoms. The van der Waals surface area contributed by atoms with Crippen LogP contribution in [-0.4, -0.2) is 14.6 Å². The van der Waals surface area contributed by atoms with Crippen molar-refractivity contribution in [1.82, 2.24) is 0 Å². The Bertz CT molecular complexity index is 2530. The highest BCUT2D eigenvalue weighted by Gasteiger charge is 2.38. The fourth-order valence-corrected chi connectivity index (χ4v) is 10.5. The lowest BCUT2D eigenvalue weighted by Gasteiger charge is -2.38. The molecule has 0 aliphatic heterocycles. The van der Waals surface area contributed by atoms with Crippen molar-refractivity contribution in [2.24, 2.45) is 0 Å². The molecule has 0 aliphatic rings. The van der Waals surface area contributed by atoms with Gasteiger partial charge in [-0.3, -0.25) is 0 Å².